The fourth-order valence-electron chi connectivity index (χ4n) is 1.33. The van der Waals surface area contributed by atoms with Crippen molar-refractivity contribution in [1.29, 1.82) is 0 Å². The fraction of sp³-hybridized carbons (Fsp3) is 0.111. The molecule has 1 N–H and O–H groups in total. The van der Waals surface area contributed by atoms with Gasteiger partial charge >= 0.3 is 5.97 Å². The first kappa shape index (κ1) is 9.02. The van der Waals surface area contributed by atoms with E-state index >= 15 is 0 Å². The molecule has 0 radical (unpaired) electrons. The lowest BCUT2D eigenvalue weighted by Gasteiger charge is -1.99. The maximum absolute atomic E-state index is 10.5. The molecule has 0 saturated carbocycles. The van der Waals surface area contributed by atoms with Gasteiger partial charge in [-0.2, -0.15) is 0 Å². The Morgan fingerprint density at radius 2 is 2.36 bits per heavy atom. The van der Waals surface area contributed by atoms with E-state index in [1.54, 1.807) is 29.1 Å². The number of nitrogens with zero attached hydrogens (tertiary/aromatic N) is 2. The van der Waals surface area contributed by atoms with Crippen molar-refractivity contribution in [2.75, 3.05) is 0 Å². The van der Waals surface area contributed by atoms with Gasteiger partial charge in [-0.05, 0) is 12.1 Å². The van der Waals surface area contributed by atoms with Crippen molar-refractivity contribution < 1.29 is 9.90 Å². The van der Waals surface area contributed by atoms with E-state index in [1.807, 2.05) is 0 Å². The summed E-state index contributed by atoms with van der Waals surface area (Å²) in [7, 11) is 0. The minimum atomic E-state index is -0.899. The van der Waals surface area contributed by atoms with Crippen LogP contribution >= 0.6 is 11.6 Å². The highest BCUT2D eigenvalue weighted by molar-refractivity contribution is 6.35. The molecule has 5 heteroatoms. The topological polar surface area (TPSA) is 55.1 Å². The first-order chi connectivity index (χ1) is 6.68. The van der Waals surface area contributed by atoms with Crippen molar-refractivity contribution in [3.63, 3.8) is 0 Å². The number of aliphatic carboxylic acids is 1. The van der Waals surface area contributed by atoms with Crippen LogP contribution in [0.25, 0.3) is 11.0 Å². The quantitative estimate of drug-likeness (QED) is 0.822. The molecule has 0 amide bonds. The zero-order valence-electron chi connectivity index (χ0n) is 7.14. The molecular formula is C9H7ClN2O2. The van der Waals surface area contributed by atoms with E-state index in [9.17, 15) is 4.79 Å². The molecule has 4 nitrogen and oxygen atoms in total. The van der Waals surface area contributed by atoms with Crippen LogP contribution in [-0.4, -0.2) is 20.6 Å². The highest BCUT2D eigenvalue weighted by Crippen LogP contribution is 2.21. The number of carboxylic acids is 1. The third-order valence-corrected chi connectivity index (χ3v) is 2.24. The zero-order chi connectivity index (χ0) is 10.1. The van der Waals surface area contributed by atoms with E-state index in [1.165, 1.54) is 0 Å². The Balaban J connectivity index is 2.58. The van der Waals surface area contributed by atoms with Crippen molar-refractivity contribution >= 4 is 28.6 Å². The predicted octanol–water partition coefficient (Wildman–Crippen LogP) is 1.77. The molecule has 2 aromatic heterocycles. The van der Waals surface area contributed by atoms with Gasteiger partial charge < -0.3 is 9.67 Å². The summed E-state index contributed by atoms with van der Waals surface area (Å²) >= 11 is 5.91. The van der Waals surface area contributed by atoms with Crippen LogP contribution in [0, 0.1) is 0 Å². The summed E-state index contributed by atoms with van der Waals surface area (Å²) in [4.78, 5) is 14.6. The largest absolute Gasteiger partial charge is 0.480 e. The number of carbonyl (C=O) groups is 1. The second-order valence-electron chi connectivity index (χ2n) is 2.87. The van der Waals surface area contributed by atoms with E-state index in [0.29, 0.717) is 10.7 Å². The van der Waals surface area contributed by atoms with Crippen LogP contribution in [0.15, 0.2) is 24.5 Å². The maximum Gasteiger partial charge on any atom is 0.323 e. The molecule has 0 aliphatic heterocycles. The van der Waals surface area contributed by atoms with Gasteiger partial charge in [-0.25, -0.2) is 4.98 Å². The van der Waals surface area contributed by atoms with Gasteiger partial charge in [0, 0.05) is 17.8 Å². The van der Waals surface area contributed by atoms with E-state index in [4.69, 9.17) is 16.7 Å². The summed E-state index contributed by atoms with van der Waals surface area (Å²) in [6.07, 6.45) is 3.22. The summed E-state index contributed by atoms with van der Waals surface area (Å²) in [5, 5.41) is 9.99. The molecule has 2 aromatic rings. The Kier molecular flexibility index (Phi) is 2.13. The molecule has 14 heavy (non-hydrogen) atoms. The first-order valence-corrected chi connectivity index (χ1v) is 4.37. The highest BCUT2D eigenvalue weighted by atomic mass is 35.5. The molecule has 0 fully saturated rings. The predicted molar refractivity (Wildman–Crippen MR) is 52.4 cm³/mol. The van der Waals surface area contributed by atoms with Crippen LogP contribution in [0.3, 0.4) is 0 Å². The van der Waals surface area contributed by atoms with Crippen LogP contribution in [0.4, 0.5) is 0 Å². The Morgan fingerprint density at radius 1 is 1.57 bits per heavy atom. The number of rotatable bonds is 2. The fourth-order valence-corrected chi connectivity index (χ4v) is 1.53. The second-order valence-corrected chi connectivity index (χ2v) is 3.27. The zero-order valence-corrected chi connectivity index (χ0v) is 7.90. The summed E-state index contributed by atoms with van der Waals surface area (Å²) in [5.74, 6) is -0.899. The van der Waals surface area contributed by atoms with Gasteiger partial charge in [-0.15, -0.1) is 0 Å². The molecule has 0 aliphatic rings. The number of pyridine rings is 1. The highest BCUT2D eigenvalue weighted by Gasteiger charge is 2.07. The van der Waals surface area contributed by atoms with Gasteiger partial charge in [0.25, 0.3) is 0 Å². The average Bonchev–Trinajstić information content (AvgIpc) is 2.49. The third-order valence-electron chi connectivity index (χ3n) is 1.91. The summed E-state index contributed by atoms with van der Waals surface area (Å²) < 4.78 is 1.55. The van der Waals surface area contributed by atoms with Gasteiger partial charge in [-0.3, -0.25) is 4.79 Å². The summed E-state index contributed by atoms with van der Waals surface area (Å²) in [5.41, 5.74) is 0.597. The summed E-state index contributed by atoms with van der Waals surface area (Å²) in [6, 6.07) is 3.43. The normalized spacial score (nSPS) is 10.6. The van der Waals surface area contributed by atoms with Crippen molar-refractivity contribution in [2.45, 2.75) is 6.54 Å². The monoisotopic (exact) mass is 210 g/mol. The van der Waals surface area contributed by atoms with E-state index in [0.717, 1.165) is 5.39 Å². The molecule has 0 atom stereocenters. The van der Waals surface area contributed by atoms with Gasteiger partial charge in [0.05, 0.1) is 5.02 Å². The number of carboxylic acid groups (broad SMARTS) is 1. The molecule has 2 rings (SSSR count). The lowest BCUT2D eigenvalue weighted by molar-refractivity contribution is -0.137. The molecule has 0 aliphatic carbocycles. The number of aromatic nitrogens is 2. The van der Waals surface area contributed by atoms with Crippen LogP contribution in [0.2, 0.25) is 5.02 Å². The van der Waals surface area contributed by atoms with Crippen LogP contribution in [-0.2, 0) is 11.3 Å². The van der Waals surface area contributed by atoms with Crippen LogP contribution in [0.1, 0.15) is 0 Å². The van der Waals surface area contributed by atoms with Crippen molar-refractivity contribution in [1.82, 2.24) is 9.55 Å². The van der Waals surface area contributed by atoms with Crippen LogP contribution < -0.4 is 0 Å². The standard InChI is InChI=1S/C9H7ClN2O2/c10-7-1-3-11-9-6(7)2-4-12(9)5-8(13)14/h1-4H,5H2,(H,13,14). The van der Waals surface area contributed by atoms with E-state index < -0.39 is 5.97 Å². The van der Waals surface area contributed by atoms with Gasteiger partial charge in [0.1, 0.15) is 12.2 Å². The maximum atomic E-state index is 10.5. The average molecular weight is 211 g/mol. The molecule has 72 valence electrons. The van der Waals surface area contributed by atoms with Gasteiger partial charge in [0.15, 0.2) is 0 Å². The molecule has 0 aromatic carbocycles. The van der Waals surface area contributed by atoms with Crippen molar-refractivity contribution in [3.05, 3.63) is 29.5 Å². The number of fused-ring (bicyclic) bond motifs is 1. The molecule has 0 saturated heterocycles. The second kappa shape index (κ2) is 3.31. The lowest BCUT2D eigenvalue weighted by atomic mass is 10.3. The van der Waals surface area contributed by atoms with E-state index in [-0.39, 0.29) is 6.54 Å². The molecule has 2 heterocycles. The SMILES string of the molecule is O=C(O)Cn1ccc2c(Cl)ccnc21. The van der Waals surface area contributed by atoms with Crippen molar-refractivity contribution in [2.24, 2.45) is 0 Å². The van der Waals surface area contributed by atoms with Crippen LogP contribution in [0.5, 0.6) is 0 Å². The number of hydrogen-bond acceptors (Lipinski definition) is 2. The Morgan fingerprint density at radius 3 is 3.07 bits per heavy atom. The number of hydrogen-bond donors (Lipinski definition) is 1. The molecule has 0 spiro atoms. The minimum Gasteiger partial charge on any atom is -0.480 e. The van der Waals surface area contributed by atoms with E-state index in [2.05, 4.69) is 4.98 Å². The van der Waals surface area contributed by atoms with Crippen molar-refractivity contribution in [3.8, 4) is 0 Å². The Bertz CT molecular complexity index is 493. The number of halogens is 1. The van der Waals surface area contributed by atoms with Gasteiger partial charge in [-0.1, -0.05) is 11.6 Å². The Labute approximate surface area is 84.7 Å². The summed E-state index contributed by atoms with van der Waals surface area (Å²) in [6.45, 7) is -0.100. The molecule has 0 bridgehead atoms. The first-order valence-electron chi connectivity index (χ1n) is 3.99. The Hall–Kier alpha value is -1.55. The molecular weight excluding hydrogens is 204 g/mol. The molecule has 0 unspecified atom stereocenters. The van der Waals surface area contributed by atoms with Gasteiger partial charge in [0.2, 0.25) is 0 Å². The third kappa shape index (κ3) is 1.44. The minimum absolute atomic E-state index is 0.100. The smallest absolute Gasteiger partial charge is 0.323 e. The lowest BCUT2D eigenvalue weighted by Crippen LogP contribution is -2.07.